The molecule has 0 saturated carbocycles. The summed E-state index contributed by atoms with van der Waals surface area (Å²) in [5.74, 6) is 0.542. The number of carbonyl (C=O) groups is 1. The molecule has 2 fully saturated rings. The van der Waals surface area contributed by atoms with Crippen molar-refractivity contribution in [1.82, 2.24) is 24.4 Å². The van der Waals surface area contributed by atoms with Crippen molar-refractivity contribution in [2.75, 3.05) is 31.2 Å². The third-order valence-electron chi connectivity index (χ3n) is 8.13. The summed E-state index contributed by atoms with van der Waals surface area (Å²) in [6.07, 6.45) is 2.95. The lowest BCUT2D eigenvalue weighted by Crippen LogP contribution is -2.59. The molecule has 2 saturated heterocycles. The summed E-state index contributed by atoms with van der Waals surface area (Å²) >= 11 is 5.87. The molecule has 1 N–H and O–H groups in total. The highest BCUT2D eigenvalue weighted by Crippen LogP contribution is 2.30. The number of pyridine rings is 1. The van der Waals surface area contributed by atoms with E-state index < -0.39 is 11.8 Å². The summed E-state index contributed by atoms with van der Waals surface area (Å²) in [4.78, 5) is 30.2. The molecule has 7 rings (SSSR count). The molecular weight excluding hydrogens is 591 g/mol. The first-order valence-electron chi connectivity index (χ1n) is 14.1. The molecule has 2 aliphatic rings. The number of carboxylic acids is 1. The highest BCUT2D eigenvalue weighted by molar-refractivity contribution is 6.30. The maximum atomic E-state index is 14.2. The Hall–Kier alpha value is -4.52. The summed E-state index contributed by atoms with van der Waals surface area (Å²) in [5, 5.41) is 9.92. The van der Waals surface area contributed by atoms with Gasteiger partial charge in [-0.25, -0.2) is 19.2 Å². The summed E-state index contributed by atoms with van der Waals surface area (Å²) in [6.45, 7) is 3.48. The van der Waals surface area contributed by atoms with Crippen LogP contribution >= 0.6 is 11.6 Å². The van der Waals surface area contributed by atoms with E-state index in [9.17, 15) is 14.3 Å². The van der Waals surface area contributed by atoms with Crippen molar-refractivity contribution in [2.45, 2.75) is 31.8 Å². The summed E-state index contributed by atoms with van der Waals surface area (Å²) in [7, 11) is 0. The average molecular weight is 619 g/mol. The molecule has 0 radical (unpaired) electrons. The highest BCUT2D eigenvalue weighted by atomic mass is 35.5. The predicted molar refractivity (Wildman–Crippen MR) is 158 cm³/mol. The van der Waals surface area contributed by atoms with Crippen LogP contribution in [0.3, 0.4) is 0 Å². The molecular formula is C31H28ClFN6O5. The van der Waals surface area contributed by atoms with E-state index in [1.165, 1.54) is 12.5 Å². The van der Waals surface area contributed by atoms with Gasteiger partial charge in [-0.1, -0.05) is 23.7 Å². The van der Waals surface area contributed by atoms with E-state index >= 15 is 0 Å². The molecule has 0 bridgehead atoms. The van der Waals surface area contributed by atoms with E-state index in [1.807, 2.05) is 16.7 Å². The first-order chi connectivity index (χ1) is 21.4. The molecule has 44 heavy (non-hydrogen) atoms. The van der Waals surface area contributed by atoms with Crippen LogP contribution in [-0.2, 0) is 24.4 Å². The van der Waals surface area contributed by atoms with E-state index in [2.05, 4.69) is 14.8 Å². The second-order valence-corrected chi connectivity index (χ2v) is 11.2. The maximum absolute atomic E-state index is 14.2. The number of carboxylic acid groups (broad SMARTS) is 1. The van der Waals surface area contributed by atoms with Gasteiger partial charge in [0, 0.05) is 29.7 Å². The predicted octanol–water partition coefficient (Wildman–Crippen LogP) is 4.63. The number of hydrogen-bond acceptors (Lipinski definition) is 9. The number of rotatable bonds is 9. The molecule has 2 aromatic carbocycles. The van der Waals surface area contributed by atoms with Gasteiger partial charge in [0.1, 0.15) is 30.3 Å². The van der Waals surface area contributed by atoms with E-state index in [0.29, 0.717) is 60.5 Å². The number of imidazole rings is 1. The number of oxazole rings is 1. The Balaban J connectivity index is 1.11. The number of anilines is 1. The van der Waals surface area contributed by atoms with Gasteiger partial charge in [-0.15, -0.1) is 0 Å². The minimum atomic E-state index is -0.995. The molecule has 11 nitrogen and oxygen atoms in total. The van der Waals surface area contributed by atoms with Crippen LogP contribution < -0.4 is 9.64 Å². The number of hydrogen-bond donors (Lipinski definition) is 1. The quantitative estimate of drug-likeness (QED) is 0.250. The van der Waals surface area contributed by atoms with Gasteiger partial charge in [-0.05, 0) is 36.4 Å². The fraction of sp³-hybridized carbons (Fsp3) is 0.290. The highest BCUT2D eigenvalue weighted by Gasteiger charge is 2.42. The van der Waals surface area contributed by atoms with Gasteiger partial charge >= 0.3 is 5.97 Å². The first kappa shape index (κ1) is 28.3. The van der Waals surface area contributed by atoms with Crippen molar-refractivity contribution in [3.8, 4) is 5.88 Å². The Labute approximate surface area is 256 Å². The van der Waals surface area contributed by atoms with Crippen molar-refractivity contribution in [2.24, 2.45) is 0 Å². The minimum absolute atomic E-state index is 0.0334. The zero-order valence-electron chi connectivity index (χ0n) is 23.5. The molecule has 13 heteroatoms. The SMILES string of the molecule is O=C(O)c1ccc2nc(CN3CCN(c4cccc(OCc5ccc(Cl)cc5F)n4)[C@@H]4COC[C@@H]43)n(Cc3cocn3)c2c1. The number of aromatic carboxylic acids is 1. The Bertz CT molecular complexity index is 1810. The molecule has 5 aromatic rings. The van der Waals surface area contributed by atoms with Crippen LogP contribution in [0.4, 0.5) is 10.2 Å². The molecule has 5 heterocycles. The number of nitrogens with zero attached hydrogens (tertiary/aromatic N) is 6. The van der Waals surface area contributed by atoms with E-state index in [4.69, 9.17) is 35.5 Å². The Morgan fingerprint density at radius 1 is 1.07 bits per heavy atom. The van der Waals surface area contributed by atoms with Gasteiger partial charge in [0.25, 0.3) is 0 Å². The molecule has 226 valence electrons. The molecule has 2 atom stereocenters. The fourth-order valence-electron chi connectivity index (χ4n) is 5.92. The fourth-order valence-corrected chi connectivity index (χ4v) is 6.08. The van der Waals surface area contributed by atoms with E-state index in [-0.39, 0.29) is 24.3 Å². The molecule has 0 unspecified atom stereocenters. The van der Waals surface area contributed by atoms with Crippen LogP contribution in [0.2, 0.25) is 5.02 Å². The van der Waals surface area contributed by atoms with Crippen LogP contribution in [0, 0.1) is 5.82 Å². The van der Waals surface area contributed by atoms with Gasteiger partial charge in [-0.2, -0.15) is 4.98 Å². The van der Waals surface area contributed by atoms with Crippen molar-refractivity contribution >= 4 is 34.4 Å². The second-order valence-electron chi connectivity index (χ2n) is 10.8. The lowest BCUT2D eigenvalue weighted by atomic mass is 10.0. The summed E-state index contributed by atoms with van der Waals surface area (Å²) < 4.78 is 33.3. The number of piperazine rings is 1. The van der Waals surface area contributed by atoms with Crippen molar-refractivity contribution < 1.29 is 28.2 Å². The maximum Gasteiger partial charge on any atom is 0.335 e. The van der Waals surface area contributed by atoms with Crippen molar-refractivity contribution in [1.29, 1.82) is 0 Å². The smallest absolute Gasteiger partial charge is 0.335 e. The van der Waals surface area contributed by atoms with E-state index in [1.54, 1.807) is 42.7 Å². The molecule has 3 aromatic heterocycles. The second kappa shape index (κ2) is 11.9. The van der Waals surface area contributed by atoms with Crippen LogP contribution in [-0.4, -0.2) is 73.9 Å². The monoisotopic (exact) mass is 618 g/mol. The lowest BCUT2D eigenvalue weighted by molar-refractivity contribution is 0.0697. The molecule has 2 aliphatic heterocycles. The van der Waals surface area contributed by atoms with Crippen LogP contribution in [0.1, 0.15) is 27.4 Å². The Kier molecular flexibility index (Phi) is 7.62. The number of fused-ring (bicyclic) bond motifs is 2. The largest absolute Gasteiger partial charge is 0.478 e. The number of benzene rings is 2. The summed E-state index contributed by atoms with van der Waals surface area (Å²) in [5.41, 5.74) is 2.74. The topological polar surface area (TPSA) is 119 Å². The van der Waals surface area contributed by atoms with Crippen LogP contribution in [0.15, 0.2) is 71.7 Å². The van der Waals surface area contributed by atoms with Gasteiger partial charge in [0.15, 0.2) is 6.39 Å². The standard InChI is InChI=1S/C31H28ClFN6O5/c32-21-6-4-20(23(33)11-21)14-44-30-3-1-2-28(36-30)38-9-8-37(26-16-42-17-27(26)38)13-29-35-24-7-5-19(31(40)41)10-25(24)39(29)12-22-15-43-18-34-22/h1-7,10-11,15,18,26-27H,8-9,12-14,16-17H2,(H,40,41)/t26-,27+/m0/s1. The summed E-state index contributed by atoms with van der Waals surface area (Å²) in [6, 6.07) is 15.2. The van der Waals surface area contributed by atoms with Crippen LogP contribution in [0.25, 0.3) is 11.0 Å². The first-order valence-corrected chi connectivity index (χ1v) is 14.5. The molecule has 0 aliphatic carbocycles. The van der Waals surface area contributed by atoms with Gasteiger partial charge < -0.3 is 28.5 Å². The number of aromatic nitrogens is 4. The third-order valence-corrected chi connectivity index (χ3v) is 8.37. The molecule has 0 spiro atoms. The van der Waals surface area contributed by atoms with Gasteiger partial charge in [0.2, 0.25) is 5.88 Å². The van der Waals surface area contributed by atoms with Gasteiger partial charge in [-0.3, -0.25) is 4.90 Å². The molecule has 0 amide bonds. The minimum Gasteiger partial charge on any atom is -0.478 e. The lowest BCUT2D eigenvalue weighted by Gasteiger charge is -2.44. The van der Waals surface area contributed by atoms with Gasteiger partial charge in [0.05, 0.1) is 60.7 Å². The number of halogens is 2. The average Bonchev–Trinajstić information content (AvgIpc) is 3.78. The van der Waals surface area contributed by atoms with Crippen molar-refractivity contribution in [3.05, 3.63) is 101 Å². The zero-order chi connectivity index (χ0) is 30.2. The Morgan fingerprint density at radius 3 is 2.77 bits per heavy atom. The van der Waals surface area contributed by atoms with Crippen molar-refractivity contribution in [3.63, 3.8) is 0 Å². The van der Waals surface area contributed by atoms with E-state index in [0.717, 1.165) is 23.7 Å². The Morgan fingerprint density at radius 2 is 1.95 bits per heavy atom. The zero-order valence-corrected chi connectivity index (χ0v) is 24.2. The third kappa shape index (κ3) is 5.59. The normalized spacial score (nSPS) is 18.5. The van der Waals surface area contributed by atoms with Crippen LogP contribution in [0.5, 0.6) is 5.88 Å². The number of ether oxygens (including phenoxy) is 2.